The van der Waals surface area contributed by atoms with E-state index in [4.69, 9.17) is 27.9 Å². The first kappa shape index (κ1) is 14.7. The highest BCUT2D eigenvalue weighted by Gasteiger charge is 2.06. The highest BCUT2D eigenvalue weighted by atomic mass is 35.5. The average Bonchev–Trinajstić information content (AvgIpc) is 2.38. The number of benzene rings is 2. The van der Waals surface area contributed by atoms with Crippen molar-refractivity contribution >= 4 is 29.1 Å². The number of ether oxygens (including phenoxy) is 1. The molecule has 0 radical (unpaired) electrons. The van der Waals surface area contributed by atoms with Gasteiger partial charge in [-0.2, -0.15) is 0 Å². The third-order valence-corrected chi connectivity index (χ3v) is 2.94. The maximum atomic E-state index is 11.7. The van der Waals surface area contributed by atoms with Crippen molar-refractivity contribution in [3.63, 3.8) is 0 Å². The van der Waals surface area contributed by atoms with Crippen LogP contribution in [0.3, 0.4) is 0 Å². The predicted molar refractivity (Wildman–Crippen MR) is 81.0 cm³/mol. The molecule has 0 aromatic heterocycles. The first-order chi connectivity index (χ1) is 9.58. The number of carbonyl (C=O) groups is 1. The lowest BCUT2D eigenvalue weighted by molar-refractivity contribution is 0.0955. The Bertz CT molecular complexity index is 609. The zero-order valence-corrected chi connectivity index (χ0v) is 12.3. The molecular formula is C15H13Cl2NO2. The molecule has 2 aromatic carbocycles. The fourth-order valence-electron chi connectivity index (χ4n) is 1.69. The van der Waals surface area contributed by atoms with Gasteiger partial charge in [-0.25, -0.2) is 0 Å². The van der Waals surface area contributed by atoms with Gasteiger partial charge >= 0.3 is 0 Å². The second-order valence-electron chi connectivity index (χ2n) is 4.09. The third kappa shape index (κ3) is 3.89. The van der Waals surface area contributed by atoms with Crippen molar-refractivity contribution in [2.24, 2.45) is 0 Å². The summed E-state index contributed by atoms with van der Waals surface area (Å²) in [4.78, 5) is 11.7. The number of carbonyl (C=O) groups excluding carboxylic acids is 1. The van der Waals surface area contributed by atoms with Crippen LogP contribution >= 0.6 is 23.2 Å². The summed E-state index contributed by atoms with van der Waals surface area (Å²) in [6.07, 6.45) is 0. The molecule has 0 aliphatic rings. The Morgan fingerprint density at radius 3 is 2.45 bits per heavy atom. The van der Waals surface area contributed by atoms with E-state index in [9.17, 15) is 4.79 Å². The van der Waals surface area contributed by atoms with Crippen LogP contribution in [0.25, 0.3) is 0 Å². The van der Waals surface area contributed by atoms with Crippen molar-refractivity contribution in [1.82, 2.24) is 5.32 Å². The standard InChI is InChI=1S/C15H13Cl2NO2/c1-2-18-15(19)10-4-3-5-13(6-10)20-14-8-11(16)7-12(17)9-14/h3-9H,2H2,1H3,(H,18,19). The lowest BCUT2D eigenvalue weighted by Crippen LogP contribution is -2.22. The van der Waals surface area contributed by atoms with Crippen LogP contribution in [-0.4, -0.2) is 12.5 Å². The van der Waals surface area contributed by atoms with Crippen molar-refractivity contribution in [3.05, 3.63) is 58.1 Å². The van der Waals surface area contributed by atoms with Crippen molar-refractivity contribution in [1.29, 1.82) is 0 Å². The van der Waals surface area contributed by atoms with Crippen LogP contribution in [0.1, 0.15) is 17.3 Å². The van der Waals surface area contributed by atoms with E-state index in [1.54, 1.807) is 42.5 Å². The molecule has 5 heteroatoms. The Labute approximate surface area is 127 Å². The number of amides is 1. The molecule has 3 nitrogen and oxygen atoms in total. The number of hydrogen-bond donors (Lipinski definition) is 1. The third-order valence-electron chi connectivity index (χ3n) is 2.51. The summed E-state index contributed by atoms with van der Waals surface area (Å²) in [5.41, 5.74) is 0.539. The quantitative estimate of drug-likeness (QED) is 0.900. The maximum Gasteiger partial charge on any atom is 0.251 e. The molecule has 2 aromatic rings. The maximum absolute atomic E-state index is 11.7. The molecule has 0 atom stereocenters. The number of nitrogens with one attached hydrogen (secondary N) is 1. The molecule has 0 saturated carbocycles. The van der Waals surface area contributed by atoms with E-state index in [1.807, 2.05) is 6.92 Å². The molecule has 0 heterocycles. The van der Waals surface area contributed by atoms with E-state index in [-0.39, 0.29) is 5.91 Å². The number of halogens is 2. The molecule has 1 amide bonds. The molecule has 0 aliphatic carbocycles. The normalized spacial score (nSPS) is 10.2. The van der Waals surface area contributed by atoms with Gasteiger partial charge in [0.25, 0.3) is 5.91 Å². The van der Waals surface area contributed by atoms with E-state index in [2.05, 4.69) is 5.32 Å². The Balaban J connectivity index is 2.21. The molecule has 0 bridgehead atoms. The van der Waals surface area contributed by atoms with Gasteiger partial charge in [0, 0.05) is 22.2 Å². The minimum absolute atomic E-state index is 0.137. The number of hydrogen-bond acceptors (Lipinski definition) is 2. The second kappa shape index (κ2) is 6.64. The fourth-order valence-corrected chi connectivity index (χ4v) is 2.19. The van der Waals surface area contributed by atoms with Gasteiger partial charge in [0.2, 0.25) is 0 Å². The Morgan fingerprint density at radius 1 is 1.10 bits per heavy atom. The molecule has 0 fully saturated rings. The molecular weight excluding hydrogens is 297 g/mol. The van der Waals surface area contributed by atoms with Gasteiger partial charge < -0.3 is 10.1 Å². The first-order valence-corrected chi connectivity index (χ1v) is 6.86. The second-order valence-corrected chi connectivity index (χ2v) is 4.97. The summed E-state index contributed by atoms with van der Waals surface area (Å²) in [6, 6.07) is 11.9. The first-order valence-electron chi connectivity index (χ1n) is 6.10. The van der Waals surface area contributed by atoms with Crippen LogP contribution in [0.4, 0.5) is 0 Å². The molecule has 0 aliphatic heterocycles. The largest absolute Gasteiger partial charge is 0.457 e. The molecule has 0 spiro atoms. The van der Waals surface area contributed by atoms with Gasteiger partial charge in [0.1, 0.15) is 11.5 Å². The molecule has 2 rings (SSSR count). The van der Waals surface area contributed by atoms with Gasteiger partial charge in [-0.3, -0.25) is 4.79 Å². The Kier molecular flexibility index (Phi) is 4.88. The molecule has 0 unspecified atom stereocenters. The van der Waals surface area contributed by atoms with Crippen molar-refractivity contribution in [2.45, 2.75) is 6.92 Å². The molecule has 0 saturated heterocycles. The van der Waals surface area contributed by atoms with Crippen LogP contribution in [-0.2, 0) is 0 Å². The SMILES string of the molecule is CCNC(=O)c1cccc(Oc2cc(Cl)cc(Cl)c2)c1. The van der Waals surface area contributed by atoms with Gasteiger partial charge in [-0.05, 0) is 43.3 Å². The number of rotatable bonds is 4. The lowest BCUT2D eigenvalue weighted by Gasteiger charge is -2.08. The average molecular weight is 310 g/mol. The molecule has 1 N–H and O–H groups in total. The van der Waals surface area contributed by atoms with Crippen LogP contribution in [0, 0.1) is 0 Å². The summed E-state index contributed by atoms with van der Waals surface area (Å²) in [7, 11) is 0. The summed E-state index contributed by atoms with van der Waals surface area (Å²) in [5.74, 6) is 0.935. The Morgan fingerprint density at radius 2 is 1.80 bits per heavy atom. The minimum atomic E-state index is -0.137. The van der Waals surface area contributed by atoms with Crippen LogP contribution in [0.2, 0.25) is 10.0 Å². The summed E-state index contributed by atoms with van der Waals surface area (Å²) < 4.78 is 5.66. The lowest BCUT2D eigenvalue weighted by atomic mass is 10.2. The van der Waals surface area contributed by atoms with E-state index in [0.717, 1.165) is 0 Å². The summed E-state index contributed by atoms with van der Waals surface area (Å²) in [5, 5.41) is 3.72. The van der Waals surface area contributed by atoms with Crippen molar-refractivity contribution in [3.8, 4) is 11.5 Å². The van der Waals surface area contributed by atoms with E-state index in [0.29, 0.717) is 33.7 Å². The summed E-state index contributed by atoms with van der Waals surface area (Å²) in [6.45, 7) is 2.44. The van der Waals surface area contributed by atoms with E-state index in [1.165, 1.54) is 0 Å². The van der Waals surface area contributed by atoms with Gasteiger partial charge in [-0.15, -0.1) is 0 Å². The monoisotopic (exact) mass is 309 g/mol. The van der Waals surface area contributed by atoms with Crippen LogP contribution < -0.4 is 10.1 Å². The van der Waals surface area contributed by atoms with Gasteiger partial charge in [0.15, 0.2) is 0 Å². The predicted octanol–water partition coefficient (Wildman–Crippen LogP) is 4.54. The van der Waals surface area contributed by atoms with Gasteiger partial charge in [0.05, 0.1) is 0 Å². The smallest absolute Gasteiger partial charge is 0.251 e. The fraction of sp³-hybridized carbons (Fsp3) is 0.133. The highest BCUT2D eigenvalue weighted by Crippen LogP contribution is 2.28. The zero-order valence-electron chi connectivity index (χ0n) is 10.8. The minimum Gasteiger partial charge on any atom is -0.457 e. The van der Waals surface area contributed by atoms with E-state index >= 15 is 0 Å². The Hall–Kier alpha value is -1.71. The van der Waals surface area contributed by atoms with Gasteiger partial charge in [-0.1, -0.05) is 29.3 Å². The molecule has 104 valence electrons. The van der Waals surface area contributed by atoms with Crippen LogP contribution in [0.15, 0.2) is 42.5 Å². The van der Waals surface area contributed by atoms with E-state index < -0.39 is 0 Å². The van der Waals surface area contributed by atoms with Crippen molar-refractivity contribution in [2.75, 3.05) is 6.54 Å². The van der Waals surface area contributed by atoms with Crippen LogP contribution in [0.5, 0.6) is 11.5 Å². The highest BCUT2D eigenvalue weighted by molar-refractivity contribution is 6.34. The van der Waals surface area contributed by atoms with Crippen molar-refractivity contribution < 1.29 is 9.53 Å². The zero-order chi connectivity index (χ0) is 14.5. The topological polar surface area (TPSA) is 38.3 Å². The summed E-state index contributed by atoms with van der Waals surface area (Å²) >= 11 is 11.8. The molecule has 20 heavy (non-hydrogen) atoms.